The summed E-state index contributed by atoms with van der Waals surface area (Å²) in [6.07, 6.45) is -5.15. The van der Waals surface area contributed by atoms with Crippen LogP contribution in [0, 0.1) is 0 Å². The second-order valence-corrected chi connectivity index (χ2v) is 4.30. The predicted octanol–water partition coefficient (Wildman–Crippen LogP) is 2.61. The SMILES string of the molecule is CC(=O)C(Cl)c1cccc(C(O)C(=O)O)c1C(F)F. The van der Waals surface area contributed by atoms with Crippen LogP contribution in [-0.2, 0) is 9.59 Å². The van der Waals surface area contributed by atoms with Gasteiger partial charge in [0.2, 0.25) is 0 Å². The monoisotopic (exact) mass is 292 g/mol. The lowest BCUT2D eigenvalue weighted by Crippen LogP contribution is -2.16. The van der Waals surface area contributed by atoms with Crippen molar-refractivity contribution in [2.24, 2.45) is 0 Å². The van der Waals surface area contributed by atoms with Gasteiger partial charge in [0, 0.05) is 11.1 Å². The molecular formula is C12H11ClF2O4. The lowest BCUT2D eigenvalue weighted by atomic mass is 9.94. The van der Waals surface area contributed by atoms with Crippen molar-refractivity contribution in [2.75, 3.05) is 0 Å². The normalized spacial score (nSPS) is 14.2. The van der Waals surface area contributed by atoms with E-state index in [1.54, 1.807) is 0 Å². The summed E-state index contributed by atoms with van der Waals surface area (Å²) in [5.74, 6) is -2.21. The molecule has 1 aromatic rings. The number of halogens is 3. The van der Waals surface area contributed by atoms with Crippen LogP contribution in [-0.4, -0.2) is 22.0 Å². The third kappa shape index (κ3) is 3.27. The molecule has 0 saturated heterocycles. The number of carboxylic acids is 1. The third-order valence-electron chi connectivity index (χ3n) is 2.55. The molecule has 2 N–H and O–H groups in total. The fourth-order valence-electron chi connectivity index (χ4n) is 1.67. The van der Waals surface area contributed by atoms with Crippen LogP contribution in [0.25, 0.3) is 0 Å². The highest BCUT2D eigenvalue weighted by Gasteiger charge is 2.29. The summed E-state index contributed by atoms with van der Waals surface area (Å²) < 4.78 is 26.1. The molecule has 0 aliphatic rings. The first-order valence-electron chi connectivity index (χ1n) is 5.23. The van der Waals surface area contributed by atoms with Crippen molar-refractivity contribution >= 4 is 23.4 Å². The van der Waals surface area contributed by atoms with Gasteiger partial charge in [0.05, 0.1) is 0 Å². The lowest BCUT2D eigenvalue weighted by molar-refractivity contribution is -0.147. The maximum absolute atomic E-state index is 13.1. The van der Waals surface area contributed by atoms with Gasteiger partial charge >= 0.3 is 5.97 Å². The molecule has 0 radical (unpaired) electrons. The Bertz CT molecular complexity index is 466. The quantitative estimate of drug-likeness (QED) is 0.818. The molecule has 2 unspecified atom stereocenters. The second-order valence-electron chi connectivity index (χ2n) is 3.86. The van der Waals surface area contributed by atoms with Gasteiger partial charge in [0.25, 0.3) is 6.43 Å². The van der Waals surface area contributed by atoms with E-state index >= 15 is 0 Å². The van der Waals surface area contributed by atoms with E-state index in [2.05, 4.69) is 0 Å². The highest BCUT2D eigenvalue weighted by Crippen LogP contribution is 2.36. The molecule has 0 fully saturated rings. The number of carboxylic acid groups (broad SMARTS) is 1. The van der Waals surface area contributed by atoms with E-state index in [4.69, 9.17) is 16.7 Å². The van der Waals surface area contributed by atoms with Crippen LogP contribution in [0.5, 0.6) is 0 Å². The number of aliphatic hydroxyl groups is 1. The van der Waals surface area contributed by atoms with Gasteiger partial charge in [-0.3, -0.25) is 4.79 Å². The zero-order chi connectivity index (χ0) is 14.7. The van der Waals surface area contributed by atoms with E-state index in [0.29, 0.717) is 0 Å². The van der Waals surface area contributed by atoms with Crippen molar-refractivity contribution in [3.05, 3.63) is 34.9 Å². The first kappa shape index (κ1) is 15.5. The van der Waals surface area contributed by atoms with E-state index < -0.39 is 40.8 Å². The summed E-state index contributed by atoms with van der Waals surface area (Å²) in [7, 11) is 0. The summed E-state index contributed by atoms with van der Waals surface area (Å²) in [6.45, 7) is 1.13. The number of aliphatic hydroxyl groups excluding tert-OH is 1. The van der Waals surface area contributed by atoms with Crippen molar-refractivity contribution in [3.8, 4) is 0 Å². The average molecular weight is 293 g/mol. The Balaban J connectivity index is 3.46. The smallest absolute Gasteiger partial charge is 0.337 e. The van der Waals surface area contributed by atoms with Gasteiger partial charge < -0.3 is 10.2 Å². The molecule has 0 aliphatic carbocycles. The molecule has 1 aromatic carbocycles. The minimum absolute atomic E-state index is 0.193. The molecule has 0 bridgehead atoms. The highest BCUT2D eigenvalue weighted by atomic mass is 35.5. The fraction of sp³-hybridized carbons (Fsp3) is 0.333. The second kappa shape index (κ2) is 6.08. The molecule has 104 valence electrons. The van der Waals surface area contributed by atoms with Crippen LogP contribution in [0.1, 0.15) is 41.5 Å². The Hall–Kier alpha value is -1.53. The van der Waals surface area contributed by atoms with Crippen LogP contribution >= 0.6 is 11.6 Å². The number of carbonyl (C=O) groups is 2. The predicted molar refractivity (Wildman–Crippen MR) is 63.3 cm³/mol. The van der Waals surface area contributed by atoms with Crippen molar-refractivity contribution in [1.29, 1.82) is 0 Å². The van der Waals surface area contributed by atoms with E-state index in [-0.39, 0.29) is 5.56 Å². The third-order valence-corrected chi connectivity index (χ3v) is 3.09. The number of carbonyl (C=O) groups excluding carboxylic acids is 1. The van der Waals surface area contributed by atoms with Gasteiger partial charge in [-0.15, -0.1) is 11.6 Å². The number of aliphatic carboxylic acids is 1. The number of ketones is 1. The van der Waals surface area contributed by atoms with Gasteiger partial charge in [-0.25, -0.2) is 13.6 Å². The van der Waals surface area contributed by atoms with E-state index in [1.165, 1.54) is 12.1 Å². The molecule has 0 amide bonds. The molecule has 0 aliphatic heterocycles. The highest BCUT2D eigenvalue weighted by molar-refractivity contribution is 6.30. The van der Waals surface area contributed by atoms with Gasteiger partial charge in [-0.2, -0.15) is 0 Å². The average Bonchev–Trinajstić information content (AvgIpc) is 2.35. The largest absolute Gasteiger partial charge is 0.479 e. The van der Waals surface area contributed by atoms with Crippen LogP contribution in [0.4, 0.5) is 8.78 Å². The first-order valence-corrected chi connectivity index (χ1v) is 5.67. The molecule has 0 heterocycles. The molecule has 0 saturated carbocycles. The van der Waals surface area contributed by atoms with Crippen molar-refractivity contribution in [3.63, 3.8) is 0 Å². The molecule has 0 spiro atoms. The lowest BCUT2D eigenvalue weighted by Gasteiger charge is -2.18. The Morgan fingerprint density at radius 2 is 1.79 bits per heavy atom. The first-order chi connectivity index (χ1) is 8.77. The number of alkyl halides is 3. The van der Waals surface area contributed by atoms with E-state index in [0.717, 1.165) is 13.0 Å². The number of hydrogen-bond donors (Lipinski definition) is 2. The number of rotatable bonds is 5. The maximum atomic E-state index is 13.1. The molecule has 2 atom stereocenters. The van der Waals surface area contributed by atoms with Crippen molar-refractivity contribution < 1.29 is 28.6 Å². The van der Waals surface area contributed by atoms with Crippen molar-refractivity contribution in [2.45, 2.75) is 24.8 Å². The summed E-state index contributed by atoms with van der Waals surface area (Å²) in [5, 5.41) is 16.8. The Kier molecular flexibility index (Phi) is 4.97. The zero-order valence-electron chi connectivity index (χ0n) is 9.81. The van der Waals surface area contributed by atoms with E-state index in [1.807, 2.05) is 0 Å². The van der Waals surface area contributed by atoms with Crippen LogP contribution < -0.4 is 0 Å². The molecule has 19 heavy (non-hydrogen) atoms. The minimum Gasteiger partial charge on any atom is -0.479 e. The van der Waals surface area contributed by atoms with Gasteiger partial charge in [-0.05, 0) is 12.5 Å². The molecular weight excluding hydrogens is 282 g/mol. The molecule has 4 nitrogen and oxygen atoms in total. The summed E-state index contributed by atoms with van der Waals surface area (Å²) in [6, 6.07) is 3.53. The van der Waals surface area contributed by atoms with Crippen LogP contribution in [0.15, 0.2) is 18.2 Å². The standard InChI is InChI=1S/C12H11ClF2O4/c1-5(16)9(13)6-3-2-4-7(8(6)11(14)15)10(17)12(18)19/h2-4,9-11,17H,1H3,(H,18,19). The topological polar surface area (TPSA) is 74.6 Å². The molecule has 0 aromatic heterocycles. The maximum Gasteiger partial charge on any atom is 0.337 e. The van der Waals surface area contributed by atoms with Gasteiger partial charge in [-0.1, -0.05) is 18.2 Å². The summed E-state index contributed by atoms with van der Waals surface area (Å²) in [5.41, 5.74) is -1.37. The van der Waals surface area contributed by atoms with Gasteiger partial charge in [0.15, 0.2) is 11.9 Å². The Morgan fingerprint density at radius 1 is 1.26 bits per heavy atom. The van der Waals surface area contributed by atoms with Crippen LogP contribution in [0.2, 0.25) is 0 Å². The molecule has 7 heteroatoms. The minimum atomic E-state index is -3.05. The van der Waals surface area contributed by atoms with Gasteiger partial charge in [0.1, 0.15) is 5.38 Å². The summed E-state index contributed by atoms with van der Waals surface area (Å²) >= 11 is 5.73. The molecule has 1 rings (SSSR count). The fourth-order valence-corrected chi connectivity index (χ4v) is 1.86. The van der Waals surface area contributed by atoms with E-state index in [9.17, 15) is 23.5 Å². The summed E-state index contributed by atoms with van der Waals surface area (Å²) in [4.78, 5) is 21.9. The van der Waals surface area contributed by atoms with Crippen LogP contribution in [0.3, 0.4) is 0 Å². The zero-order valence-corrected chi connectivity index (χ0v) is 10.6. The number of hydrogen-bond acceptors (Lipinski definition) is 3. The Morgan fingerprint density at radius 3 is 2.21 bits per heavy atom. The Labute approximate surface area is 112 Å². The van der Waals surface area contributed by atoms with Crippen molar-refractivity contribution in [1.82, 2.24) is 0 Å². The number of benzene rings is 1. The number of Topliss-reactive ketones (excluding diaryl/α,β-unsaturated/α-hetero) is 1.